The van der Waals surface area contributed by atoms with Crippen molar-refractivity contribution >= 4 is 40.0 Å². The van der Waals surface area contributed by atoms with Gasteiger partial charge in [-0.15, -0.1) is 0 Å². The van der Waals surface area contributed by atoms with E-state index in [2.05, 4.69) is 15.0 Å². The molecule has 0 aliphatic heterocycles. The van der Waals surface area contributed by atoms with Gasteiger partial charge in [-0.2, -0.15) is 16.1 Å². The monoisotopic (exact) mass is 272 g/mol. The molecule has 2 rings (SSSR count). The number of carbonyl (C=O) groups excluding carboxylic acids is 1. The molecule has 1 aliphatic carbocycles. The minimum atomic E-state index is -0.106. The first kappa shape index (κ1) is 12.5. The fourth-order valence-corrected chi connectivity index (χ4v) is 2.44. The molecule has 0 saturated heterocycles. The highest BCUT2D eigenvalue weighted by Gasteiger charge is 2.27. The molecular formula is C10H16N4OS2. The first-order valence-electron chi connectivity index (χ1n) is 5.51. The van der Waals surface area contributed by atoms with Crippen LogP contribution in [-0.4, -0.2) is 34.9 Å². The van der Waals surface area contributed by atoms with Crippen LogP contribution < -0.4 is 16.4 Å². The molecule has 1 aliphatic rings. The summed E-state index contributed by atoms with van der Waals surface area (Å²) in [5.74, 6) is 1.20. The summed E-state index contributed by atoms with van der Waals surface area (Å²) in [6.45, 7) is 0.812. The molecule has 1 aromatic heterocycles. The molecule has 7 heteroatoms. The number of hydrogen-bond donors (Lipinski definition) is 3. The van der Waals surface area contributed by atoms with Crippen LogP contribution in [0.15, 0.2) is 0 Å². The van der Waals surface area contributed by atoms with Crippen molar-refractivity contribution in [1.29, 1.82) is 0 Å². The SMILES string of the molecule is CSCCNc1snc(N)c1C(=O)NC1CC1. The fourth-order valence-electron chi connectivity index (χ4n) is 1.39. The van der Waals surface area contributed by atoms with Crippen LogP contribution in [0.3, 0.4) is 0 Å². The summed E-state index contributed by atoms with van der Waals surface area (Å²) in [7, 11) is 0. The zero-order valence-electron chi connectivity index (χ0n) is 9.66. The van der Waals surface area contributed by atoms with E-state index in [0.717, 1.165) is 30.1 Å². The molecule has 5 nitrogen and oxygen atoms in total. The normalized spacial score (nSPS) is 14.6. The van der Waals surface area contributed by atoms with E-state index in [0.29, 0.717) is 17.4 Å². The second-order valence-corrected chi connectivity index (χ2v) is 5.70. The Labute approximate surface area is 109 Å². The van der Waals surface area contributed by atoms with Crippen LogP contribution in [0.2, 0.25) is 0 Å². The van der Waals surface area contributed by atoms with E-state index in [1.807, 2.05) is 6.26 Å². The van der Waals surface area contributed by atoms with E-state index in [1.54, 1.807) is 11.8 Å². The lowest BCUT2D eigenvalue weighted by Crippen LogP contribution is -2.26. The summed E-state index contributed by atoms with van der Waals surface area (Å²) in [4.78, 5) is 12.0. The van der Waals surface area contributed by atoms with Gasteiger partial charge in [0.1, 0.15) is 10.6 Å². The smallest absolute Gasteiger partial charge is 0.258 e. The molecule has 1 fully saturated rings. The molecule has 0 bridgehead atoms. The molecule has 17 heavy (non-hydrogen) atoms. The van der Waals surface area contributed by atoms with Gasteiger partial charge in [0.2, 0.25) is 0 Å². The van der Waals surface area contributed by atoms with Crippen molar-refractivity contribution in [2.24, 2.45) is 0 Å². The summed E-state index contributed by atoms with van der Waals surface area (Å²) < 4.78 is 4.03. The van der Waals surface area contributed by atoms with Gasteiger partial charge in [0.15, 0.2) is 5.82 Å². The number of nitrogens with zero attached hydrogens (tertiary/aromatic N) is 1. The number of amides is 1. The largest absolute Gasteiger partial charge is 0.382 e. The molecule has 1 heterocycles. The second-order valence-electron chi connectivity index (χ2n) is 3.94. The van der Waals surface area contributed by atoms with Crippen LogP contribution in [0.25, 0.3) is 0 Å². The highest BCUT2D eigenvalue weighted by molar-refractivity contribution is 7.98. The van der Waals surface area contributed by atoms with Crippen molar-refractivity contribution in [2.75, 3.05) is 29.6 Å². The molecule has 1 aromatic rings. The van der Waals surface area contributed by atoms with Crippen LogP contribution in [0.1, 0.15) is 23.2 Å². The second kappa shape index (κ2) is 5.59. The van der Waals surface area contributed by atoms with Crippen LogP contribution in [-0.2, 0) is 0 Å². The predicted octanol–water partition coefficient (Wildman–Crippen LogP) is 1.39. The van der Waals surface area contributed by atoms with Crippen LogP contribution >= 0.6 is 23.3 Å². The topological polar surface area (TPSA) is 80.0 Å². The number of hydrogen-bond acceptors (Lipinski definition) is 6. The maximum Gasteiger partial charge on any atom is 0.258 e. The summed E-state index contributed by atoms with van der Waals surface area (Å²) in [6, 6.07) is 0.334. The molecule has 0 aromatic carbocycles. The van der Waals surface area contributed by atoms with Gasteiger partial charge in [0.05, 0.1) is 0 Å². The third-order valence-electron chi connectivity index (χ3n) is 2.45. The quantitative estimate of drug-likeness (QED) is 0.682. The Morgan fingerprint density at radius 1 is 1.65 bits per heavy atom. The average molecular weight is 272 g/mol. The first-order chi connectivity index (χ1) is 8.22. The molecule has 0 spiro atoms. The fraction of sp³-hybridized carbons (Fsp3) is 0.600. The Kier molecular flexibility index (Phi) is 4.11. The van der Waals surface area contributed by atoms with Crippen molar-refractivity contribution in [3.63, 3.8) is 0 Å². The molecule has 0 atom stereocenters. The molecule has 0 radical (unpaired) electrons. The average Bonchev–Trinajstić information content (AvgIpc) is 3.02. The number of aromatic nitrogens is 1. The number of thioether (sulfide) groups is 1. The summed E-state index contributed by atoms with van der Waals surface area (Å²) in [6.07, 6.45) is 4.18. The molecule has 1 amide bonds. The number of nitrogens with two attached hydrogens (primary N) is 1. The Hall–Kier alpha value is -0.950. The van der Waals surface area contributed by atoms with Crippen LogP contribution in [0.5, 0.6) is 0 Å². The van der Waals surface area contributed by atoms with E-state index in [-0.39, 0.29) is 5.91 Å². The zero-order valence-corrected chi connectivity index (χ0v) is 11.3. The molecular weight excluding hydrogens is 256 g/mol. The van der Waals surface area contributed by atoms with Crippen molar-refractivity contribution in [1.82, 2.24) is 9.69 Å². The van der Waals surface area contributed by atoms with Crippen LogP contribution in [0.4, 0.5) is 10.8 Å². The van der Waals surface area contributed by atoms with Gasteiger partial charge >= 0.3 is 0 Å². The Bertz CT molecular complexity index is 403. The maximum atomic E-state index is 12.0. The third kappa shape index (κ3) is 3.26. The molecule has 4 N–H and O–H groups in total. The van der Waals surface area contributed by atoms with Gasteiger partial charge in [-0.05, 0) is 30.6 Å². The summed E-state index contributed by atoms with van der Waals surface area (Å²) >= 11 is 3.00. The number of carbonyl (C=O) groups is 1. The molecule has 94 valence electrons. The number of anilines is 2. The summed E-state index contributed by atoms with van der Waals surface area (Å²) in [5.41, 5.74) is 6.24. The van der Waals surface area contributed by atoms with Gasteiger partial charge in [0.25, 0.3) is 5.91 Å². The van der Waals surface area contributed by atoms with Gasteiger partial charge in [-0.25, -0.2) is 0 Å². The minimum Gasteiger partial charge on any atom is -0.382 e. The van der Waals surface area contributed by atoms with Gasteiger partial charge in [0, 0.05) is 18.3 Å². The predicted molar refractivity (Wildman–Crippen MR) is 73.9 cm³/mol. The minimum absolute atomic E-state index is 0.106. The van der Waals surface area contributed by atoms with Crippen LogP contribution in [0, 0.1) is 0 Å². The first-order valence-corrected chi connectivity index (χ1v) is 7.68. The van der Waals surface area contributed by atoms with Crippen molar-refractivity contribution < 1.29 is 4.79 Å². The Balaban J connectivity index is 2.02. The van der Waals surface area contributed by atoms with Gasteiger partial charge in [-0.3, -0.25) is 4.79 Å². The highest BCUT2D eigenvalue weighted by Crippen LogP contribution is 2.28. The van der Waals surface area contributed by atoms with E-state index in [9.17, 15) is 4.79 Å². The molecule has 1 saturated carbocycles. The van der Waals surface area contributed by atoms with Crippen molar-refractivity contribution in [3.05, 3.63) is 5.56 Å². The highest BCUT2D eigenvalue weighted by atomic mass is 32.2. The molecule has 0 unspecified atom stereocenters. The van der Waals surface area contributed by atoms with E-state index < -0.39 is 0 Å². The Morgan fingerprint density at radius 3 is 3.06 bits per heavy atom. The van der Waals surface area contributed by atoms with E-state index in [1.165, 1.54) is 11.5 Å². The Morgan fingerprint density at radius 2 is 2.41 bits per heavy atom. The van der Waals surface area contributed by atoms with E-state index in [4.69, 9.17) is 5.73 Å². The van der Waals surface area contributed by atoms with Crippen molar-refractivity contribution in [3.8, 4) is 0 Å². The zero-order chi connectivity index (χ0) is 12.3. The van der Waals surface area contributed by atoms with E-state index >= 15 is 0 Å². The number of nitrogen functional groups attached to an aromatic ring is 1. The lowest BCUT2D eigenvalue weighted by Gasteiger charge is -2.06. The third-order valence-corrected chi connectivity index (χ3v) is 3.88. The number of rotatable bonds is 6. The maximum absolute atomic E-state index is 12.0. The van der Waals surface area contributed by atoms with Gasteiger partial charge < -0.3 is 16.4 Å². The lowest BCUT2D eigenvalue weighted by molar-refractivity contribution is 0.0953. The standard InChI is InChI=1S/C10H16N4OS2/c1-16-5-4-12-10-7(8(11)14-17-10)9(15)13-6-2-3-6/h6,12H,2-5H2,1H3,(H2,11,14)(H,13,15). The van der Waals surface area contributed by atoms with Gasteiger partial charge in [-0.1, -0.05) is 0 Å². The number of nitrogens with one attached hydrogen (secondary N) is 2. The summed E-state index contributed by atoms with van der Waals surface area (Å²) in [5, 5.41) is 6.91. The lowest BCUT2D eigenvalue weighted by atomic mass is 10.3. The van der Waals surface area contributed by atoms with Crippen molar-refractivity contribution in [2.45, 2.75) is 18.9 Å².